The van der Waals surface area contributed by atoms with Crippen LogP contribution in [-0.2, 0) is 16.7 Å². The van der Waals surface area contributed by atoms with E-state index in [-0.39, 0.29) is 11.6 Å². The van der Waals surface area contributed by atoms with Crippen LogP contribution in [0.25, 0.3) is 11.0 Å². The Hall–Kier alpha value is -3.60. The molecule has 0 atom stereocenters. The van der Waals surface area contributed by atoms with Crippen LogP contribution in [0.4, 0.5) is 17.6 Å². The first-order valence-electron chi connectivity index (χ1n) is 9.52. The Morgan fingerprint density at radius 2 is 1.48 bits per heavy atom. The summed E-state index contributed by atoms with van der Waals surface area (Å²) in [6, 6.07) is 16.3. The van der Waals surface area contributed by atoms with E-state index in [4.69, 9.17) is 4.74 Å². The van der Waals surface area contributed by atoms with Gasteiger partial charge < -0.3 is 13.5 Å². The Bertz CT molecular complexity index is 1400. The standard InChI is InChI=1S/C22H16F4N2O4S/c1-14-27-20-4-2-3-19(23)21(20)28(14)13-15-5-7-16(8-6-15)31-17-9-11-18(12-10-17)32-33(29,30)22(24,25)26/h2-12H,13H2,1H3. The average molecular weight is 480 g/mol. The van der Waals surface area contributed by atoms with Crippen molar-refractivity contribution in [3.05, 3.63) is 83.9 Å². The molecule has 3 aromatic carbocycles. The van der Waals surface area contributed by atoms with Gasteiger partial charge in [0, 0.05) is 6.54 Å². The molecule has 1 heterocycles. The normalized spacial score (nSPS) is 12.2. The SMILES string of the molecule is Cc1nc2cccc(F)c2n1Cc1ccc(Oc2ccc(OS(=O)(=O)C(F)(F)F)cc2)cc1. The number of nitrogens with zero attached hydrogens (tertiary/aromatic N) is 2. The fraction of sp³-hybridized carbons (Fsp3) is 0.136. The maximum absolute atomic E-state index is 14.3. The number of para-hydroxylation sites is 1. The van der Waals surface area contributed by atoms with Gasteiger partial charge in [0.05, 0.1) is 5.52 Å². The molecule has 33 heavy (non-hydrogen) atoms. The van der Waals surface area contributed by atoms with Crippen molar-refractivity contribution in [2.75, 3.05) is 0 Å². The van der Waals surface area contributed by atoms with Crippen LogP contribution in [0.5, 0.6) is 17.2 Å². The van der Waals surface area contributed by atoms with Gasteiger partial charge in [0.15, 0.2) is 0 Å². The monoisotopic (exact) mass is 480 g/mol. The quantitative estimate of drug-likeness (QED) is 0.206. The van der Waals surface area contributed by atoms with Gasteiger partial charge in [0.2, 0.25) is 0 Å². The molecule has 4 rings (SSSR count). The van der Waals surface area contributed by atoms with E-state index in [1.54, 1.807) is 47.9 Å². The number of aryl methyl sites for hydroxylation is 1. The van der Waals surface area contributed by atoms with Crippen LogP contribution < -0.4 is 8.92 Å². The summed E-state index contributed by atoms with van der Waals surface area (Å²) in [7, 11) is -5.74. The second kappa shape index (κ2) is 8.39. The first kappa shape index (κ1) is 22.6. The maximum atomic E-state index is 14.3. The van der Waals surface area contributed by atoms with Gasteiger partial charge in [-0.3, -0.25) is 0 Å². The Balaban J connectivity index is 1.45. The second-order valence-corrected chi connectivity index (χ2v) is 8.59. The lowest BCUT2D eigenvalue weighted by Gasteiger charge is -2.11. The predicted molar refractivity (Wildman–Crippen MR) is 112 cm³/mol. The largest absolute Gasteiger partial charge is 0.534 e. The molecule has 0 unspecified atom stereocenters. The van der Waals surface area contributed by atoms with Crippen molar-refractivity contribution in [3.63, 3.8) is 0 Å². The van der Waals surface area contributed by atoms with Crippen molar-refractivity contribution in [2.45, 2.75) is 19.0 Å². The Morgan fingerprint density at radius 1 is 0.909 bits per heavy atom. The summed E-state index contributed by atoms with van der Waals surface area (Å²) >= 11 is 0. The zero-order valence-electron chi connectivity index (χ0n) is 17.0. The van der Waals surface area contributed by atoms with E-state index >= 15 is 0 Å². The summed E-state index contributed by atoms with van der Waals surface area (Å²) in [6.45, 7) is 2.19. The van der Waals surface area contributed by atoms with Crippen molar-refractivity contribution in [1.82, 2.24) is 9.55 Å². The van der Waals surface area contributed by atoms with E-state index in [0.29, 0.717) is 29.2 Å². The number of alkyl halides is 3. The molecule has 172 valence electrons. The number of halogens is 4. The van der Waals surface area contributed by atoms with Crippen LogP contribution in [0.2, 0.25) is 0 Å². The fourth-order valence-corrected chi connectivity index (χ4v) is 3.63. The lowest BCUT2D eigenvalue weighted by molar-refractivity contribution is -0.0500. The van der Waals surface area contributed by atoms with Crippen LogP contribution in [0, 0.1) is 12.7 Å². The summed E-state index contributed by atoms with van der Waals surface area (Å²) in [5, 5.41) is 0. The lowest BCUT2D eigenvalue weighted by Crippen LogP contribution is -2.27. The first-order valence-corrected chi connectivity index (χ1v) is 10.9. The molecular weight excluding hydrogens is 464 g/mol. The number of ether oxygens (including phenoxy) is 1. The summed E-state index contributed by atoms with van der Waals surface area (Å²) in [5.74, 6) is 0.519. The number of rotatable bonds is 6. The van der Waals surface area contributed by atoms with Crippen LogP contribution >= 0.6 is 0 Å². The van der Waals surface area contributed by atoms with Gasteiger partial charge in [-0.15, -0.1) is 0 Å². The molecular formula is C22H16F4N2O4S. The van der Waals surface area contributed by atoms with E-state index in [1.165, 1.54) is 18.2 Å². The number of hydrogen-bond donors (Lipinski definition) is 0. The van der Waals surface area contributed by atoms with E-state index in [2.05, 4.69) is 9.17 Å². The van der Waals surface area contributed by atoms with Crippen LogP contribution in [0.1, 0.15) is 11.4 Å². The molecule has 0 spiro atoms. The van der Waals surface area contributed by atoms with E-state index < -0.39 is 21.4 Å². The predicted octanol–water partition coefficient (Wildman–Crippen LogP) is 5.55. The molecule has 0 N–H and O–H groups in total. The number of imidazole rings is 1. The van der Waals surface area contributed by atoms with Gasteiger partial charge in [0.25, 0.3) is 0 Å². The molecule has 0 aliphatic heterocycles. The highest BCUT2D eigenvalue weighted by atomic mass is 32.2. The minimum atomic E-state index is -5.74. The molecule has 0 amide bonds. The molecule has 0 saturated heterocycles. The van der Waals surface area contributed by atoms with Crippen LogP contribution in [0.15, 0.2) is 66.7 Å². The van der Waals surface area contributed by atoms with Gasteiger partial charge >= 0.3 is 15.6 Å². The molecule has 0 aliphatic carbocycles. The van der Waals surface area contributed by atoms with Gasteiger partial charge in [-0.05, 0) is 61.0 Å². The minimum absolute atomic E-state index is 0.262. The van der Waals surface area contributed by atoms with E-state index in [9.17, 15) is 26.0 Å². The summed E-state index contributed by atoms with van der Waals surface area (Å²) in [5.41, 5.74) is -3.65. The van der Waals surface area contributed by atoms with Gasteiger partial charge in [-0.2, -0.15) is 21.6 Å². The lowest BCUT2D eigenvalue weighted by atomic mass is 10.2. The zero-order chi connectivity index (χ0) is 23.8. The third-order valence-corrected chi connectivity index (χ3v) is 5.70. The highest BCUT2D eigenvalue weighted by molar-refractivity contribution is 7.88. The third kappa shape index (κ3) is 4.77. The van der Waals surface area contributed by atoms with Gasteiger partial charge in [-0.1, -0.05) is 18.2 Å². The van der Waals surface area contributed by atoms with Crippen LogP contribution in [-0.4, -0.2) is 23.5 Å². The zero-order valence-corrected chi connectivity index (χ0v) is 17.8. The summed E-state index contributed by atoms with van der Waals surface area (Å²) < 4.78 is 85.0. The van der Waals surface area contributed by atoms with E-state index in [1.807, 2.05) is 0 Å². The third-order valence-electron chi connectivity index (χ3n) is 4.72. The molecule has 0 bridgehead atoms. The highest BCUT2D eigenvalue weighted by Crippen LogP contribution is 2.29. The molecule has 1 aromatic heterocycles. The molecule has 11 heteroatoms. The van der Waals surface area contributed by atoms with Gasteiger partial charge in [0.1, 0.15) is 34.4 Å². The molecule has 4 aromatic rings. The molecule has 6 nitrogen and oxygen atoms in total. The number of hydrogen-bond acceptors (Lipinski definition) is 5. The number of aromatic nitrogens is 2. The fourth-order valence-electron chi connectivity index (χ4n) is 3.17. The van der Waals surface area contributed by atoms with Crippen molar-refractivity contribution in [2.24, 2.45) is 0 Å². The number of benzene rings is 3. The molecule has 0 fully saturated rings. The van der Waals surface area contributed by atoms with Gasteiger partial charge in [-0.25, -0.2) is 9.37 Å². The average Bonchev–Trinajstić information content (AvgIpc) is 3.06. The van der Waals surface area contributed by atoms with E-state index in [0.717, 1.165) is 17.7 Å². The summed E-state index contributed by atoms with van der Waals surface area (Å²) in [4.78, 5) is 4.37. The molecule has 0 aliphatic rings. The first-order chi connectivity index (χ1) is 15.5. The van der Waals surface area contributed by atoms with Crippen LogP contribution in [0.3, 0.4) is 0 Å². The minimum Gasteiger partial charge on any atom is -0.457 e. The highest BCUT2D eigenvalue weighted by Gasteiger charge is 2.48. The smallest absolute Gasteiger partial charge is 0.457 e. The van der Waals surface area contributed by atoms with Crippen molar-refractivity contribution >= 4 is 21.2 Å². The second-order valence-electron chi connectivity index (χ2n) is 7.05. The number of fused-ring (bicyclic) bond motifs is 1. The van der Waals surface area contributed by atoms with Crippen molar-refractivity contribution in [3.8, 4) is 17.2 Å². The van der Waals surface area contributed by atoms with Crippen molar-refractivity contribution in [1.29, 1.82) is 0 Å². The Morgan fingerprint density at radius 3 is 2.09 bits per heavy atom. The molecule has 0 radical (unpaired) electrons. The van der Waals surface area contributed by atoms with Crippen molar-refractivity contribution < 1.29 is 34.9 Å². The topological polar surface area (TPSA) is 70.4 Å². The summed E-state index contributed by atoms with van der Waals surface area (Å²) in [6.07, 6.45) is 0. The molecule has 0 saturated carbocycles. The Labute approximate surface area is 186 Å². The maximum Gasteiger partial charge on any atom is 0.534 e. The Kier molecular flexibility index (Phi) is 5.75.